The summed E-state index contributed by atoms with van der Waals surface area (Å²) in [7, 11) is 1.92. The maximum Gasteiger partial charge on any atom is 0.442 e. The van der Waals surface area contributed by atoms with E-state index >= 15 is 0 Å². The molecule has 0 atom stereocenters. The number of aromatic nitrogens is 2. The Hall–Kier alpha value is -0.590. The topological polar surface area (TPSA) is 29.1 Å². The Kier molecular flexibility index (Phi) is 4.56. The number of rotatable bonds is 0. The van der Waals surface area contributed by atoms with Gasteiger partial charge in [0.05, 0.1) is 26.3 Å². The van der Waals surface area contributed by atoms with Crippen LogP contribution >= 0.6 is 0 Å². The average molecular weight is 321 g/mol. The zero-order chi connectivity index (χ0) is 9.97. The molecule has 1 fully saturated rings. The van der Waals surface area contributed by atoms with E-state index in [2.05, 4.69) is 0 Å². The van der Waals surface area contributed by atoms with Gasteiger partial charge in [0.1, 0.15) is 6.20 Å². The van der Waals surface area contributed by atoms with Crippen molar-refractivity contribution in [2.24, 2.45) is 7.05 Å². The number of carbonyl (C=O) groups is 1. The normalized spacial score (nSPS) is 15.9. The monoisotopic (exact) mass is 321 g/mol. The molecule has 1 aliphatic heterocycles. The van der Waals surface area contributed by atoms with Crippen LogP contribution in [0.1, 0.15) is 19.3 Å². The van der Waals surface area contributed by atoms with E-state index in [4.69, 9.17) is 0 Å². The second-order valence-electron chi connectivity index (χ2n) is 3.82. The minimum atomic E-state index is 0. The highest BCUT2D eigenvalue weighted by molar-refractivity contribution is 5.64. The molecule has 0 radical (unpaired) electrons. The summed E-state index contributed by atoms with van der Waals surface area (Å²) in [5.74, 6) is 0. The maximum atomic E-state index is 11.9. The van der Waals surface area contributed by atoms with Gasteiger partial charge in [-0.2, -0.15) is 4.57 Å². The highest BCUT2D eigenvalue weighted by Gasteiger charge is 2.23. The Labute approximate surface area is 107 Å². The Bertz CT molecular complexity index is 331. The van der Waals surface area contributed by atoms with Gasteiger partial charge in [0.2, 0.25) is 0 Å². The van der Waals surface area contributed by atoms with Crippen molar-refractivity contribution >= 4 is 6.03 Å². The van der Waals surface area contributed by atoms with E-state index in [9.17, 15) is 4.79 Å². The van der Waals surface area contributed by atoms with Crippen LogP contribution in [-0.4, -0.2) is 28.6 Å². The Balaban J connectivity index is 0.00000112. The molecule has 1 aliphatic rings. The molecule has 0 unspecified atom stereocenters. The first-order valence-corrected chi connectivity index (χ1v) is 5.10. The molecule has 0 spiro atoms. The molecule has 84 valence electrons. The third kappa shape index (κ3) is 2.93. The number of imidazole rings is 1. The smallest absolute Gasteiger partial charge is 0.442 e. The van der Waals surface area contributed by atoms with Crippen LogP contribution in [0, 0.1) is 0 Å². The Morgan fingerprint density at radius 1 is 1.27 bits per heavy atom. The summed E-state index contributed by atoms with van der Waals surface area (Å²) < 4.78 is 3.52. The number of amides is 1. The van der Waals surface area contributed by atoms with Crippen molar-refractivity contribution < 1.29 is 33.3 Å². The lowest BCUT2D eigenvalue weighted by Gasteiger charge is -2.20. The van der Waals surface area contributed by atoms with Crippen LogP contribution in [-0.2, 0) is 7.05 Å². The Morgan fingerprint density at radius 2 is 1.93 bits per heavy atom. The number of halogens is 1. The third-order valence-electron chi connectivity index (χ3n) is 2.62. The third-order valence-corrected chi connectivity index (χ3v) is 2.62. The fraction of sp³-hybridized carbons (Fsp3) is 0.600. The molecule has 1 saturated heterocycles. The molecule has 0 saturated carbocycles. The van der Waals surface area contributed by atoms with E-state index in [1.807, 2.05) is 22.7 Å². The molecule has 2 rings (SSSR count). The highest BCUT2D eigenvalue weighted by atomic mass is 127. The first-order valence-electron chi connectivity index (χ1n) is 5.10. The average Bonchev–Trinajstić information content (AvgIpc) is 2.65. The molecule has 0 aromatic carbocycles. The molecule has 1 amide bonds. The standard InChI is InChI=1S/C10H16N3O.HI/c1-11-7-8-13(9-11)10(14)12-5-3-2-4-6-12;/h7-9H,2-6H2,1H3;1H/q+1;/p-1. The van der Waals surface area contributed by atoms with Crippen LogP contribution in [0.5, 0.6) is 0 Å². The van der Waals surface area contributed by atoms with E-state index in [1.54, 1.807) is 17.1 Å². The van der Waals surface area contributed by atoms with Crippen LogP contribution < -0.4 is 28.5 Å². The minimum absolute atomic E-state index is 0. The van der Waals surface area contributed by atoms with Gasteiger partial charge in [0.15, 0.2) is 6.33 Å². The van der Waals surface area contributed by atoms with E-state index in [0.717, 1.165) is 25.9 Å². The molecule has 0 aliphatic carbocycles. The molecule has 1 aromatic heterocycles. The van der Waals surface area contributed by atoms with Crippen molar-refractivity contribution in [1.29, 1.82) is 0 Å². The molecule has 0 bridgehead atoms. The summed E-state index contributed by atoms with van der Waals surface area (Å²) in [6, 6.07) is 0.102. The van der Waals surface area contributed by atoms with E-state index < -0.39 is 0 Å². The van der Waals surface area contributed by atoms with Crippen molar-refractivity contribution in [3.8, 4) is 0 Å². The van der Waals surface area contributed by atoms with Gasteiger partial charge < -0.3 is 24.0 Å². The molecular weight excluding hydrogens is 305 g/mol. The fourth-order valence-electron chi connectivity index (χ4n) is 1.81. The predicted molar refractivity (Wildman–Crippen MR) is 51.8 cm³/mol. The molecule has 2 heterocycles. The van der Waals surface area contributed by atoms with Crippen LogP contribution in [0.3, 0.4) is 0 Å². The van der Waals surface area contributed by atoms with Gasteiger partial charge in [0, 0.05) is 0 Å². The number of piperidine rings is 1. The zero-order valence-corrected chi connectivity index (χ0v) is 11.1. The lowest BCUT2D eigenvalue weighted by Crippen LogP contribution is -3.00. The number of nitrogens with zero attached hydrogens (tertiary/aromatic N) is 3. The maximum absolute atomic E-state index is 11.9. The van der Waals surface area contributed by atoms with Crippen LogP contribution in [0.2, 0.25) is 0 Å². The second-order valence-corrected chi connectivity index (χ2v) is 3.82. The van der Waals surface area contributed by atoms with Gasteiger partial charge in [-0.05, 0) is 19.3 Å². The first kappa shape index (κ1) is 12.5. The lowest BCUT2D eigenvalue weighted by molar-refractivity contribution is -0.578. The van der Waals surface area contributed by atoms with Crippen LogP contribution in [0.25, 0.3) is 0 Å². The summed E-state index contributed by atoms with van der Waals surface area (Å²) in [6.07, 6.45) is 9.01. The van der Waals surface area contributed by atoms with Gasteiger partial charge >= 0.3 is 6.03 Å². The molecule has 15 heavy (non-hydrogen) atoms. The van der Waals surface area contributed by atoms with Gasteiger partial charge in [-0.1, -0.05) is 0 Å². The van der Waals surface area contributed by atoms with Gasteiger partial charge in [-0.25, -0.2) is 4.79 Å². The van der Waals surface area contributed by atoms with E-state index in [1.165, 1.54) is 6.42 Å². The van der Waals surface area contributed by atoms with Gasteiger partial charge in [-0.15, -0.1) is 0 Å². The summed E-state index contributed by atoms with van der Waals surface area (Å²) >= 11 is 0. The quantitative estimate of drug-likeness (QED) is 0.393. The molecule has 4 nitrogen and oxygen atoms in total. The fourth-order valence-corrected chi connectivity index (χ4v) is 1.81. The summed E-state index contributed by atoms with van der Waals surface area (Å²) in [5, 5.41) is 0. The molecule has 0 N–H and O–H groups in total. The predicted octanol–water partition coefficient (Wildman–Crippen LogP) is -2.23. The largest absolute Gasteiger partial charge is 1.00 e. The summed E-state index contributed by atoms with van der Waals surface area (Å²) in [6.45, 7) is 1.81. The molecular formula is C10H16IN3O. The van der Waals surface area contributed by atoms with Crippen LogP contribution in [0.4, 0.5) is 4.79 Å². The van der Waals surface area contributed by atoms with Gasteiger partial charge in [0.25, 0.3) is 0 Å². The van der Waals surface area contributed by atoms with Crippen molar-refractivity contribution in [2.45, 2.75) is 19.3 Å². The van der Waals surface area contributed by atoms with Crippen LogP contribution in [0.15, 0.2) is 18.7 Å². The van der Waals surface area contributed by atoms with Crippen molar-refractivity contribution in [2.75, 3.05) is 13.1 Å². The van der Waals surface area contributed by atoms with Crippen molar-refractivity contribution in [3.63, 3.8) is 0 Å². The lowest BCUT2D eigenvalue weighted by atomic mass is 10.1. The number of hydrogen-bond acceptors (Lipinski definition) is 1. The van der Waals surface area contributed by atoms with Crippen molar-refractivity contribution in [1.82, 2.24) is 9.47 Å². The minimum Gasteiger partial charge on any atom is -1.00 e. The van der Waals surface area contributed by atoms with Crippen molar-refractivity contribution in [3.05, 3.63) is 18.7 Å². The highest BCUT2D eigenvalue weighted by Crippen LogP contribution is 2.07. The number of hydrogen-bond donors (Lipinski definition) is 0. The van der Waals surface area contributed by atoms with E-state index in [0.29, 0.717) is 0 Å². The van der Waals surface area contributed by atoms with E-state index in [-0.39, 0.29) is 30.0 Å². The number of aryl methyl sites for hydroxylation is 1. The first-order chi connectivity index (χ1) is 6.77. The summed E-state index contributed by atoms with van der Waals surface area (Å²) in [5.41, 5.74) is 0. The number of likely N-dealkylation sites (tertiary alicyclic amines) is 1. The molecule has 5 heteroatoms. The van der Waals surface area contributed by atoms with Gasteiger partial charge in [-0.3, -0.25) is 9.47 Å². The SMILES string of the molecule is Cn1cc[n+](C(=O)N2CCCCC2)c1.[I-]. The second kappa shape index (κ2) is 5.48. The Morgan fingerprint density at radius 3 is 2.47 bits per heavy atom. The number of carbonyl (C=O) groups excluding carboxylic acids is 1. The summed E-state index contributed by atoms with van der Waals surface area (Å²) in [4.78, 5) is 13.8. The zero-order valence-electron chi connectivity index (χ0n) is 8.90. The molecule has 1 aromatic rings.